The van der Waals surface area contributed by atoms with Crippen molar-refractivity contribution in [2.45, 2.75) is 32.1 Å². The summed E-state index contributed by atoms with van der Waals surface area (Å²) in [5.74, 6) is 0.278. The minimum absolute atomic E-state index is 0.278. The molecule has 2 aromatic carbocycles. The van der Waals surface area contributed by atoms with E-state index in [1.807, 2.05) is 30.3 Å². The van der Waals surface area contributed by atoms with Gasteiger partial charge in [0.2, 0.25) is 0 Å². The first kappa shape index (κ1) is 21.0. The summed E-state index contributed by atoms with van der Waals surface area (Å²) in [5, 5.41) is 20.6. The van der Waals surface area contributed by atoms with Gasteiger partial charge in [-0.1, -0.05) is 28.7 Å². The number of rotatable bonds is 6. The Hall–Kier alpha value is -2.83. The van der Waals surface area contributed by atoms with E-state index in [9.17, 15) is 5.21 Å². The molecule has 0 atom stereocenters. The molecule has 0 amide bonds. The molecule has 166 valence electrons. The fourth-order valence-electron chi connectivity index (χ4n) is 4.69. The number of aryl methyl sites for hydroxylation is 1. The number of nitrogens with one attached hydrogen (secondary N) is 2. The predicted molar refractivity (Wildman–Crippen MR) is 130 cm³/mol. The third kappa shape index (κ3) is 4.52. The van der Waals surface area contributed by atoms with Crippen LogP contribution in [-0.4, -0.2) is 36.1 Å². The van der Waals surface area contributed by atoms with Gasteiger partial charge in [-0.2, -0.15) is 0 Å². The molecular formula is C25H28ClN5O. The van der Waals surface area contributed by atoms with Gasteiger partial charge < -0.3 is 15.4 Å². The van der Waals surface area contributed by atoms with Gasteiger partial charge in [-0.05, 0) is 87.6 Å². The maximum absolute atomic E-state index is 13.3. The highest BCUT2D eigenvalue weighted by Crippen LogP contribution is 2.33. The molecule has 0 bridgehead atoms. The van der Waals surface area contributed by atoms with Crippen LogP contribution in [0.1, 0.15) is 30.4 Å². The maximum atomic E-state index is 13.3. The van der Waals surface area contributed by atoms with Crippen molar-refractivity contribution >= 4 is 28.9 Å². The second-order valence-electron chi connectivity index (χ2n) is 8.59. The summed E-state index contributed by atoms with van der Waals surface area (Å²) >= 11 is 6.17. The van der Waals surface area contributed by atoms with Gasteiger partial charge in [-0.25, -0.2) is 10.0 Å². The molecule has 1 aromatic heterocycles. The van der Waals surface area contributed by atoms with Gasteiger partial charge in [0.05, 0.1) is 5.69 Å². The smallest absolute Gasteiger partial charge is 0.397 e. The zero-order chi connectivity index (χ0) is 21.9. The molecular weight excluding hydrogens is 422 g/mol. The summed E-state index contributed by atoms with van der Waals surface area (Å²) in [7, 11) is 0. The Bertz CT molecular complexity index is 1110. The SMILES string of the molecule is [O-][n+]1c(Nc2cccc(CCCN3CCCC3)c2)ncc2c1-c1ccc(Cl)cc1NCC2. The van der Waals surface area contributed by atoms with Gasteiger partial charge in [0.25, 0.3) is 0 Å². The molecule has 5 rings (SSSR count). The van der Waals surface area contributed by atoms with Crippen molar-refractivity contribution in [2.75, 3.05) is 36.8 Å². The number of fused-ring (bicyclic) bond motifs is 3. The van der Waals surface area contributed by atoms with Crippen molar-refractivity contribution in [1.82, 2.24) is 9.88 Å². The van der Waals surface area contributed by atoms with E-state index in [0.717, 1.165) is 59.6 Å². The summed E-state index contributed by atoms with van der Waals surface area (Å²) in [6.45, 7) is 4.36. The van der Waals surface area contributed by atoms with E-state index >= 15 is 0 Å². The first-order chi connectivity index (χ1) is 15.7. The number of hydrogen-bond donors (Lipinski definition) is 2. The fraction of sp³-hybridized carbons (Fsp3) is 0.360. The first-order valence-electron chi connectivity index (χ1n) is 11.4. The van der Waals surface area contributed by atoms with Gasteiger partial charge in [0.15, 0.2) is 0 Å². The lowest BCUT2D eigenvalue weighted by Gasteiger charge is -2.17. The highest BCUT2D eigenvalue weighted by molar-refractivity contribution is 6.31. The second-order valence-corrected chi connectivity index (χ2v) is 9.03. The predicted octanol–water partition coefficient (Wildman–Crippen LogP) is 4.78. The van der Waals surface area contributed by atoms with Gasteiger partial charge >= 0.3 is 5.95 Å². The van der Waals surface area contributed by atoms with E-state index in [1.54, 1.807) is 6.20 Å². The number of nitrogens with zero attached hydrogens (tertiary/aromatic N) is 3. The Labute approximate surface area is 193 Å². The number of benzene rings is 2. The van der Waals surface area contributed by atoms with Crippen LogP contribution in [0.25, 0.3) is 11.3 Å². The lowest BCUT2D eigenvalue weighted by Crippen LogP contribution is -2.35. The molecule has 7 heteroatoms. The molecule has 1 fully saturated rings. The summed E-state index contributed by atoms with van der Waals surface area (Å²) in [6, 6.07) is 13.9. The molecule has 0 spiro atoms. The molecule has 0 saturated carbocycles. The van der Waals surface area contributed by atoms with Crippen molar-refractivity contribution in [1.29, 1.82) is 0 Å². The maximum Gasteiger partial charge on any atom is 0.397 e. The average molecular weight is 450 g/mol. The third-order valence-electron chi connectivity index (χ3n) is 6.31. The largest absolute Gasteiger partial charge is 0.740 e. The average Bonchev–Trinajstić information content (AvgIpc) is 3.23. The van der Waals surface area contributed by atoms with Crippen LogP contribution in [0.2, 0.25) is 5.02 Å². The lowest BCUT2D eigenvalue weighted by atomic mass is 10.1. The van der Waals surface area contributed by atoms with Crippen LogP contribution in [0.5, 0.6) is 0 Å². The van der Waals surface area contributed by atoms with Crippen LogP contribution >= 0.6 is 11.6 Å². The third-order valence-corrected chi connectivity index (χ3v) is 6.55. The van der Waals surface area contributed by atoms with Gasteiger partial charge in [0.1, 0.15) is 11.9 Å². The number of halogens is 1. The molecule has 2 aliphatic rings. The van der Waals surface area contributed by atoms with Gasteiger partial charge in [0, 0.05) is 28.4 Å². The van der Waals surface area contributed by atoms with Crippen LogP contribution in [0.3, 0.4) is 0 Å². The highest BCUT2D eigenvalue weighted by atomic mass is 35.5. The number of anilines is 3. The topological polar surface area (TPSA) is 67.1 Å². The Morgan fingerprint density at radius 1 is 1.16 bits per heavy atom. The molecule has 0 unspecified atom stereocenters. The minimum atomic E-state index is 0.278. The van der Waals surface area contributed by atoms with Crippen molar-refractivity contribution in [3.05, 3.63) is 70.0 Å². The van der Waals surface area contributed by atoms with Crippen LogP contribution in [-0.2, 0) is 12.8 Å². The van der Waals surface area contributed by atoms with E-state index in [0.29, 0.717) is 10.7 Å². The van der Waals surface area contributed by atoms with Crippen molar-refractivity contribution in [3.8, 4) is 11.3 Å². The van der Waals surface area contributed by atoms with Gasteiger partial charge in [-0.3, -0.25) is 0 Å². The van der Waals surface area contributed by atoms with Crippen molar-refractivity contribution in [2.24, 2.45) is 0 Å². The molecule has 32 heavy (non-hydrogen) atoms. The fourth-order valence-corrected chi connectivity index (χ4v) is 4.86. The molecule has 3 aromatic rings. The second kappa shape index (κ2) is 9.35. The normalized spacial score (nSPS) is 15.5. The molecule has 0 radical (unpaired) electrons. The first-order valence-corrected chi connectivity index (χ1v) is 11.8. The molecule has 3 heterocycles. The summed E-state index contributed by atoms with van der Waals surface area (Å²) in [6.07, 6.45) is 7.36. The molecule has 2 N–H and O–H groups in total. The van der Waals surface area contributed by atoms with E-state index in [2.05, 4.69) is 32.7 Å². The molecule has 6 nitrogen and oxygen atoms in total. The summed E-state index contributed by atoms with van der Waals surface area (Å²) in [5.41, 5.74) is 5.42. The Kier molecular flexibility index (Phi) is 6.14. The molecule has 2 aliphatic heterocycles. The Morgan fingerprint density at radius 2 is 2.03 bits per heavy atom. The quantitative estimate of drug-likeness (QED) is 0.419. The standard InChI is InChI=1S/C25H28ClN5O/c26-20-8-9-22-23(16-20)27-11-10-19-17-28-25(31(32)24(19)22)29-21-7-3-5-18(15-21)6-4-14-30-12-1-2-13-30/h3,5,7-9,15-17,27H,1-2,4,6,10-14H2,(H,28,29). The van der Waals surface area contributed by atoms with Crippen LogP contribution in [0, 0.1) is 5.21 Å². The minimum Gasteiger partial charge on any atom is -0.740 e. The van der Waals surface area contributed by atoms with E-state index in [1.165, 1.54) is 31.5 Å². The Balaban J connectivity index is 1.36. The van der Waals surface area contributed by atoms with E-state index in [4.69, 9.17) is 11.6 Å². The molecule has 0 aliphatic carbocycles. The van der Waals surface area contributed by atoms with Crippen molar-refractivity contribution < 1.29 is 4.73 Å². The molecule has 1 saturated heterocycles. The van der Waals surface area contributed by atoms with Crippen molar-refractivity contribution in [3.63, 3.8) is 0 Å². The lowest BCUT2D eigenvalue weighted by molar-refractivity contribution is -0.581. The summed E-state index contributed by atoms with van der Waals surface area (Å²) < 4.78 is 0.912. The zero-order valence-electron chi connectivity index (χ0n) is 18.1. The van der Waals surface area contributed by atoms with Crippen LogP contribution < -0.4 is 15.4 Å². The van der Waals surface area contributed by atoms with E-state index < -0.39 is 0 Å². The summed E-state index contributed by atoms with van der Waals surface area (Å²) in [4.78, 5) is 6.99. The monoisotopic (exact) mass is 449 g/mol. The van der Waals surface area contributed by atoms with E-state index in [-0.39, 0.29) is 5.95 Å². The van der Waals surface area contributed by atoms with Gasteiger partial charge in [-0.15, -0.1) is 0 Å². The number of likely N-dealkylation sites (tertiary alicyclic amines) is 1. The number of hydrogen-bond acceptors (Lipinski definition) is 5. The highest BCUT2D eigenvalue weighted by Gasteiger charge is 2.22. The number of aromatic nitrogens is 2. The Morgan fingerprint density at radius 3 is 2.91 bits per heavy atom. The van der Waals surface area contributed by atoms with Crippen LogP contribution in [0.4, 0.5) is 17.3 Å². The van der Waals surface area contributed by atoms with Crippen LogP contribution in [0.15, 0.2) is 48.7 Å². The zero-order valence-corrected chi connectivity index (χ0v) is 18.9.